The maximum atomic E-state index is 8.73. The fraction of sp³-hybridized carbons (Fsp3) is 0.0192. The van der Waals surface area contributed by atoms with Gasteiger partial charge in [0.05, 0.1) is 6.79 Å². The number of hydrogen-bond donors (Lipinski definition) is 0. The number of rotatable bonds is 6. The molecule has 0 bridgehead atoms. The molecule has 0 N–H and O–H groups in total. The lowest BCUT2D eigenvalue weighted by molar-refractivity contribution is 0.768. The Hall–Kier alpha value is -7.01. The van der Waals surface area contributed by atoms with Crippen LogP contribution in [0, 0.1) is 0 Å². The monoisotopic (exact) mass is 732 g/mol. The van der Waals surface area contributed by atoms with E-state index in [2.05, 4.69) is 176 Å². The first-order valence-electron chi connectivity index (χ1n) is 19.4. The Morgan fingerprint density at radius 3 is 1.62 bits per heavy atom. The van der Waals surface area contributed by atoms with Gasteiger partial charge in [0.25, 0.3) is 0 Å². The Morgan fingerprint density at radius 1 is 0.393 bits per heavy atom. The highest BCUT2D eigenvalue weighted by Gasteiger charge is 2.47. The van der Waals surface area contributed by atoms with Gasteiger partial charge in [0, 0.05) is 36.9 Å². The molecule has 2 heterocycles. The molecule has 0 amide bonds. The summed E-state index contributed by atoms with van der Waals surface area (Å²) in [7, 11) is 0. The molecular weight excluding hydrogens is 699 g/mol. The maximum Gasteiger partial charge on any atom is 0.165 e. The van der Waals surface area contributed by atoms with Crippen LogP contribution < -0.4 is 0 Å². The van der Waals surface area contributed by atoms with Crippen molar-refractivity contribution < 1.29 is 1.37 Å². The molecule has 0 spiro atoms. The number of thiophene rings is 1. The molecule has 56 heavy (non-hydrogen) atoms. The molecule has 0 aliphatic heterocycles. The number of aromatic nitrogens is 3. The first-order chi connectivity index (χ1) is 28.2. The second-order valence-corrected chi connectivity index (χ2v) is 15.2. The molecule has 4 heteroatoms. The molecule has 0 unspecified atom stereocenters. The van der Waals surface area contributed by atoms with Gasteiger partial charge in [-0.1, -0.05) is 188 Å². The lowest BCUT2D eigenvalue weighted by atomic mass is 9.67. The van der Waals surface area contributed by atoms with Crippen molar-refractivity contribution in [2.75, 3.05) is 0 Å². The summed E-state index contributed by atoms with van der Waals surface area (Å²) in [6.45, 7) is 0. The van der Waals surface area contributed by atoms with Crippen LogP contribution in [0.25, 0.3) is 76.6 Å². The molecule has 3 nitrogen and oxygen atoms in total. The summed E-state index contributed by atoms with van der Waals surface area (Å²) in [4.78, 5) is 16.2. The van der Waals surface area contributed by atoms with Crippen LogP contribution in [0.3, 0.4) is 0 Å². The fourth-order valence-corrected chi connectivity index (χ4v) is 10.00. The zero-order chi connectivity index (χ0) is 37.9. The maximum absolute atomic E-state index is 8.73. The molecule has 0 radical (unpaired) electrons. The standard InChI is InChI=1S/C52H33N3S/c1-4-18-34(19-5-1)37-24-10-11-26-40(37)49-53-50(55-51(54-49)43-30-16-28-39-38-25-13-15-33-46(38)56-48(39)43)42-29-17-32-45-47(42)41-27-12-14-31-44(41)52(45,35-20-6-2-7-21-35)36-22-8-3-9-23-36/h1-33H/i33D. The lowest BCUT2D eigenvalue weighted by Gasteiger charge is -2.33. The summed E-state index contributed by atoms with van der Waals surface area (Å²) < 4.78 is 10.7. The van der Waals surface area contributed by atoms with Crippen molar-refractivity contribution >= 4 is 31.5 Å². The van der Waals surface area contributed by atoms with Gasteiger partial charge in [-0.2, -0.15) is 0 Å². The van der Waals surface area contributed by atoms with E-state index in [1.54, 1.807) is 11.3 Å². The van der Waals surface area contributed by atoms with E-state index >= 15 is 0 Å². The van der Waals surface area contributed by atoms with Crippen LogP contribution in [0.2, 0.25) is 0 Å². The fourth-order valence-electron chi connectivity index (χ4n) is 8.82. The Labute approximate surface area is 330 Å². The molecular formula is C52H33N3S. The van der Waals surface area contributed by atoms with Crippen LogP contribution >= 0.6 is 11.3 Å². The van der Waals surface area contributed by atoms with Crippen LogP contribution in [0.4, 0.5) is 0 Å². The van der Waals surface area contributed by atoms with Gasteiger partial charge in [0.2, 0.25) is 0 Å². The molecule has 0 saturated carbocycles. The summed E-state index contributed by atoms with van der Waals surface area (Å²) in [6.07, 6.45) is 0. The lowest BCUT2D eigenvalue weighted by Crippen LogP contribution is -2.28. The number of hydrogen-bond acceptors (Lipinski definition) is 4. The first-order valence-corrected chi connectivity index (χ1v) is 19.7. The summed E-state index contributed by atoms with van der Waals surface area (Å²) in [5.41, 5.74) is 11.5. The highest BCUT2D eigenvalue weighted by atomic mass is 32.1. The molecule has 2 aromatic heterocycles. The molecule has 11 rings (SSSR count). The van der Waals surface area contributed by atoms with Crippen molar-refractivity contribution in [3.05, 3.63) is 222 Å². The normalized spacial score (nSPS) is 13.0. The van der Waals surface area contributed by atoms with Crippen LogP contribution in [-0.2, 0) is 5.41 Å². The third-order valence-electron chi connectivity index (χ3n) is 11.2. The minimum absolute atomic E-state index is 0.521. The van der Waals surface area contributed by atoms with Crippen molar-refractivity contribution in [3.8, 4) is 56.4 Å². The molecule has 1 aliphatic carbocycles. The number of nitrogens with zero attached hydrogens (tertiary/aromatic N) is 3. The smallest absolute Gasteiger partial charge is 0.165 e. The van der Waals surface area contributed by atoms with Crippen molar-refractivity contribution in [1.29, 1.82) is 0 Å². The zero-order valence-electron chi connectivity index (χ0n) is 31.2. The molecule has 262 valence electrons. The Kier molecular flexibility index (Phi) is 7.33. The topological polar surface area (TPSA) is 38.7 Å². The van der Waals surface area contributed by atoms with Gasteiger partial charge >= 0.3 is 0 Å². The van der Waals surface area contributed by atoms with Crippen LogP contribution in [-0.4, -0.2) is 15.0 Å². The highest BCUT2D eigenvalue weighted by molar-refractivity contribution is 7.26. The largest absolute Gasteiger partial charge is 0.208 e. The molecule has 0 atom stereocenters. The quantitative estimate of drug-likeness (QED) is 0.171. The summed E-state index contributed by atoms with van der Waals surface area (Å²) in [6, 6.07) is 68.7. The summed E-state index contributed by atoms with van der Waals surface area (Å²) >= 11 is 1.63. The van der Waals surface area contributed by atoms with E-state index in [-0.39, 0.29) is 0 Å². The van der Waals surface area contributed by atoms with Gasteiger partial charge in [0.15, 0.2) is 17.5 Å². The molecule has 0 fully saturated rings. The van der Waals surface area contributed by atoms with Crippen molar-refractivity contribution in [2.24, 2.45) is 0 Å². The second kappa shape index (κ2) is 13.1. The average Bonchev–Trinajstić information content (AvgIpc) is 3.82. The van der Waals surface area contributed by atoms with Gasteiger partial charge < -0.3 is 0 Å². The van der Waals surface area contributed by atoms with E-state index in [1.807, 2.05) is 18.2 Å². The molecule has 0 saturated heterocycles. The minimum Gasteiger partial charge on any atom is -0.208 e. The van der Waals surface area contributed by atoms with E-state index in [0.717, 1.165) is 53.6 Å². The van der Waals surface area contributed by atoms with Crippen LogP contribution in [0.15, 0.2) is 200 Å². The number of fused-ring (bicyclic) bond motifs is 6. The predicted molar refractivity (Wildman–Crippen MR) is 232 cm³/mol. The number of benzene rings is 8. The van der Waals surface area contributed by atoms with Crippen molar-refractivity contribution in [3.63, 3.8) is 0 Å². The summed E-state index contributed by atoms with van der Waals surface area (Å²) in [5, 5.41) is 2.17. The van der Waals surface area contributed by atoms with Gasteiger partial charge in [0.1, 0.15) is 0 Å². The summed E-state index contributed by atoms with van der Waals surface area (Å²) in [5.74, 6) is 1.82. The molecule has 10 aromatic rings. The van der Waals surface area contributed by atoms with E-state index in [0.29, 0.717) is 23.5 Å². The third kappa shape index (κ3) is 4.93. The SMILES string of the molecule is [2H]c1cccc2c1sc1c(-c3nc(-c4ccccc4-c4ccccc4)nc(-c4cccc5c4-c4ccccc4C5(c4ccccc4)c4ccccc4)n3)cccc12. The van der Waals surface area contributed by atoms with Gasteiger partial charge in [-0.05, 0) is 56.6 Å². The van der Waals surface area contributed by atoms with E-state index in [4.69, 9.17) is 16.3 Å². The van der Waals surface area contributed by atoms with Crippen LogP contribution in [0.5, 0.6) is 0 Å². The van der Waals surface area contributed by atoms with Gasteiger partial charge in [-0.3, -0.25) is 0 Å². The Bertz CT molecular complexity index is 3100. The third-order valence-corrected chi connectivity index (χ3v) is 12.4. The average molecular weight is 733 g/mol. The van der Waals surface area contributed by atoms with Crippen molar-refractivity contribution in [2.45, 2.75) is 5.41 Å². The second-order valence-electron chi connectivity index (χ2n) is 14.2. The van der Waals surface area contributed by atoms with E-state index < -0.39 is 5.41 Å². The Morgan fingerprint density at radius 2 is 0.893 bits per heavy atom. The first kappa shape index (κ1) is 31.4. The highest BCUT2D eigenvalue weighted by Crippen LogP contribution is 2.58. The zero-order valence-corrected chi connectivity index (χ0v) is 31.0. The molecule has 1 aliphatic rings. The van der Waals surface area contributed by atoms with E-state index in [9.17, 15) is 0 Å². The predicted octanol–water partition coefficient (Wildman–Crippen LogP) is 13.3. The molecule has 8 aromatic carbocycles. The minimum atomic E-state index is -0.556. The van der Waals surface area contributed by atoms with Gasteiger partial charge in [-0.15, -0.1) is 11.3 Å². The van der Waals surface area contributed by atoms with Crippen molar-refractivity contribution in [1.82, 2.24) is 15.0 Å². The Balaban J connectivity index is 1.22. The van der Waals surface area contributed by atoms with Crippen LogP contribution in [0.1, 0.15) is 23.6 Å². The van der Waals surface area contributed by atoms with E-state index in [1.165, 1.54) is 27.8 Å². The van der Waals surface area contributed by atoms with Gasteiger partial charge in [-0.25, -0.2) is 15.0 Å².